The molecule has 1 aliphatic carbocycles. The zero-order valence-corrected chi connectivity index (χ0v) is 11.8. The van der Waals surface area contributed by atoms with Crippen molar-refractivity contribution < 1.29 is 14.7 Å². The van der Waals surface area contributed by atoms with Gasteiger partial charge >= 0.3 is 5.97 Å². The maximum absolute atomic E-state index is 12.2. The summed E-state index contributed by atoms with van der Waals surface area (Å²) in [5.41, 5.74) is 0.0171. The highest BCUT2D eigenvalue weighted by atomic mass is 16.4. The van der Waals surface area contributed by atoms with E-state index in [9.17, 15) is 9.59 Å². The number of carboxylic acid groups (broad SMARTS) is 1. The molecule has 6 heteroatoms. The van der Waals surface area contributed by atoms with Gasteiger partial charge in [0.05, 0.1) is 6.42 Å². The third-order valence-electron chi connectivity index (χ3n) is 3.52. The van der Waals surface area contributed by atoms with Gasteiger partial charge < -0.3 is 15.3 Å². The van der Waals surface area contributed by atoms with Gasteiger partial charge in [-0.2, -0.15) is 5.26 Å². The summed E-state index contributed by atoms with van der Waals surface area (Å²) in [6, 6.07) is 2.07. The Labute approximate surface area is 119 Å². The van der Waals surface area contributed by atoms with Crippen LogP contribution in [0, 0.1) is 11.3 Å². The van der Waals surface area contributed by atoms with E-state index in [4.69, 9.17) is 10.4 Å². The van der Waals surface area contributed by atoms with Gasteiger partial charge in [-0.3, -0.25) is 9.59 Å². The van der Waals surface area contributed by atoms with Crippen molar-refractivity contribution in [2.24, 2.45) is 0 Å². The number of amides is 1. The van der Waals surface area contributed by atoms with Crippen LogP contribution < -0.4 is 5.32 Å². The largest absolute Gasteiger partial charge is 0.481 e. The lowest BCUT2D eigenvalue weighted by molar-refractivity contribution is -0.136. The number of rotatable bonds is 6. The zero-order chi connectivity index (χ0) is 15.0. The Morgan fingerprint density at radius 3 is 2.60 bits per heavy atom. The van der Waals surface area contributed by atoms with Crippen LogP contribution in [0.4, 0.5) is 0 Å². The lowest BCUT2D eigenvalue weighted by atomic mass is 9.94. The number of nitrogens with zero attached hydrogens (tertiary/aromatic N) is 2. The lowest BCUT2D eigenvalue weighted by Gasteiger charge is -2.31. The van der Waals surface area contributed by atoms with Gasteiger partial charge in [0.15, 0.2) is 0 Å². The normalized spacial score (nSPS) is 16.3. The van der Waals surface area contributed by atoms with Crippen LogP contribution in [0.15, 0.2) is 11.8 Å². The molecule has 110 valence electrons. The number of nitrogens with one attached hydrogen (secondary N) is 1. The first-order valence-electron chi connectivity index (χ1n) is 6.89. The molecule has 0 aromatic carbocycles. The van der Waals surface area contributed by atoms with E-state index < -0.39 is 5.97 Å². The Balaban J connectivity index is 2.54. The number of carbonyl (C=O) groups is 2. The van der Waals surface area contributed by atoms with Crippen molar-refractivity contribution in [2.75, 3.05) is 13.6 Å². The number of carboxylic acids is 1. The second-order valence-corrected chi connectivity index (χ2v) is 4.98. The fourth-order valence-electron chi connectivity index (χ4n) is 2.32. The highest BCUT2D eigenvalue weighted by Crippen LogP contribution is 2.22. The van der Waals surface area contributed by atoms with Crippen molar-refractivity contribution >= 4 is 11.9 Å². The third-order valence-corrected chi connectivity index (χ3v) is 3.52. The van der Waals surface area contributed by atoms with Crippen LogP contribution >= 0.6 is 0 Å². The molecule has 0 spiro atoms. The molecule has 0 saturated heterocycles. The summed E-state index contributed by atoms with van der Waals surface area (Å²) in [6.45, 7) is 0.195. The van der Waals surface area contributed by atoms with Gasteiger partial charge in [0.25, 0.3) is 5.91 Å². The lowest BCUT2D eigenvalue weighted by Crippen LogP contribution is -2.39. The minimum Gasteiger partial charge on any atom is -0.481 e. The van der Waals surface area contributed by atoms with E-state index in [1.165, 1.54) is 12.6 Å². The Morgan fingerprint density at radius 1 is 1.40 bits per heavy atom. The number of hydrogen-bond donors (Lipinski definition) is 2. The number of nitriles is 1. The molecule has 0 atom stereocenters. The average molecular weight is 279 g/mol. The van der Waals surface area contributed by atoms with Gasteiger partial charge in [-0.1, -0.05) is 19.3 Å². The number of aliphatic carboxylic acids is 1. The van der Waals surface area contributed by atoms with Gasteiger partial charge in [-0.15, -0.1) is 0 Å². The molecule has 0 radical (unpaired) electrons. The molecule has 0 heterocycles. The molecule has 0 aromatic heterocycles. The first kappa shape index (κ1) is 16.0. The molecule has 0 aromatic rings. The quantitative estimate of drug-likeness (QED) is 0.433. The zero-order valence-electron chi connectivity index (χ0n) is 11.8. The van der Waals surface area contributed by atoms with E-state index in [1.54, 1.807) is 11.9 Å². The standard InChI is InChI=1S/C14H21N3O3/c1-17(12-5-3-2-4-6-12)14(20)11(9-15)10-16-8-7-13(18)19/h10,12,16H,2-8H2,1H3,(H,18,19)/b11-10-. The summed E-state index contributed by atoms with van der Waals surface area (Å²) in [6.07, 6.45) is 6.65. The summed E-state index contributed by atoms with van der Waals surface area (Å²) in [7, 11) is 1.72. The topological polar surface area (TPSA) is 93.4 Å². The minimum atomic E-state index is -0.921. The molecule has 6 nitrogen and oxygen atoms in total. The molecule has 1 fully saturated rings. The van der Waals surface area contributed by atoms with Crippen LogP contribution in [0.3, 0.4) is 0 Å². The fourth-order valence-corrected chi connectivity index (χ4v) is 2.32. The van der Waals surface area contributed by atoms with E-state index >= 15 is 0 Å². The maximum Gasteiger partial charge on any atom is 0.305 e. The summed E-state index contributed by atoms with van der Waals surface area (Å²) in [4.78, 5) is 24.2. The SMILES string of the molecule is CN(C(=O)/C(C#N)=C\NCCC(=O)O)C1CCCCC1. The highest BCUT2D eigenvalue weighted by Gasteiger charge is 2.24. The van der Waals surface area contributed by atoms with E-state index in [-0.39, 0.29) is 30.5 Å². The van der Waals surface area contributed by atoms with Crippen molar-refractivity contribution in [3.63, 3.8) is 0 Å². The van der Waals surface area contributed by atoms with Gasteiger partial charge in [-0.25, -0.2) is 0 Å². The van der Waals surface area contributed by atoms with E-state index in [0.717, 1.165) is 25.7 Å². The van der Waals surface area contributed by atoms with Crippen molar-refractivity contribution in [3.05, 3.63) is 11.8 Å². The van der Waals surface area contributed by atoms with Crippen LogP contribution in [0.1, 0.15) is 38.5 Å². The average Bonchev–Trinajstić information content (AvgIpc) is 2.46. The monoisotopic (exact) mass is 279 g/mol. The van der Waals surface area contributed by atoms with Crippen LogP contribution in [0.25, 0.3) is 0 Å². The molecular weight excluding hydrogens is 258 g/mol. The predicted molar refractivity (Wildman–Crippen MR) is 73.6 cm³/mol. The third kappa shape index (κ3) is 4.92. The first-order chi connectivity index (χ1) is 9.56. The molecule has 20 heavy (non-hydrogen) atoms. The Hall–Kier alpha value is -2.03. The summed E-state index contributed by atoms with van der Waals surface area (Å²) >= 11 is 0. The molecule has 1 saturated carbocycles. The van der Waals surface area contributed by atoms with Gasteiger partial charge in [0.2, 0.25) is 0 Å². The molecule has 1 rings (SSSR count). The second-order valence-electron chi connectivity index (χ2n) is 4.98. The molecular formula is C14H21N3O3. The Morgan fingerprint density at radius 2 is 2.05 bits per heavy atom. The van der Waals surface area contributed by atoms with Gasteiger partial charge in [0, 0.05) is 25.8 Å². The summed E-state index contributed by atoms with van der Waals surface area (Å²) in [5, 5.41) is 20.2. The van der Waals surface area contributed by atoms with Gasteiger partial charge in [-0.05, 0) is 12.8 Å². The summed E-state index contributed by atoms with van der Waals surface area (Å²) < 4.78 is 0. The molecule has 0 aliphatic heterocycles. The maximum atomic E-state index is 12.2. The number of hydrogen-bond acceptors (Lipinski definition) is 4. The molecule has 2 N–H and O–H groups in total. The highest BCUT2D eigenvalue weighted by molar-refractivity contribution is 5.97. The Kier molecular flexibility index (Phi) is 6.57. The molecule has 1 aliphatic rings. The number of likely N-dealkylation sites (N-methyl/N-ethyl adjacent to an activating group) is 1. The van der Waals surface area contributed by atoms with E-state index in [1.807, 2.05) is 6.07 Å². The predicted octanol–water partition coefficient (Wildman–Crippen LogP) is 1.25. The van der Waals surface area contributed by atoms with Crippen molar-refractivity contribution in [1.82, 2.24) is 10.2 Å². The van der Waals surface area contributed by atoms with Crippen LogP contribution in [-0.2, 0) is 9.59 Å². The fraction of sp³-hybridized carbons (Fsp3) is 0.643. The Bertz CT molecular complexity index is 420. The van der Waals surface area contributed by atoms with Crippen LogP contribution in [-0.4, -0.2) is 41.5 Å². The second kappa shape index (κ2) is 8.20. The first-order valence-corrected chi connectivity index (χ1v) is 6.89. The van der Waals surface area contributed by atoms with E-state index in [2.05, 4.69) is 5.32 Å². The van der Waals surface area contributed by atoms with E-state index in [0.29, 0.717) is 0 Å². The minimum absolute atomic E-state index is 0.0171. The number of carbonyl (C=O) groups excluding carboxylic acids is 1. The summed E-state index contributed by atoms with van der Waals surface area (Å²) in [5.74, 6) is -1.22. The van der Waals surface area contributed by atoms with Crippen molar-refractivity contribution in [3.8, 4) is 6.07 Å². The molecule has 0 unspecified atom stereocenters. The molecule has 1 amide bonds. The van der Waals surface area contributed by atoms with Crippen LogP contribution in [0.5, 0.6) is 0 Å². The van der Waals surface area contributed by atoms with Crippen molar-refractivity contribution in [2.45, 2.75) is 44.6 Å². The smallest absolute Gasteiger partial charge is 0.305 e. The molecule has 0 bridgehead atoms. The van der Waals surface area contributed by atoms with Gasteiger partial charge in [0.1, 0.15) is 11.6 Å². The van der Waals surface area contributed by atoms with Crippen LogP contribution in [0.2, 0.25) is 0 Å². The van der Waals surface area contributed by atoms with Crippen molar-refractivity contribution in [1.29, 1.82) is 5.26 Å².